The van der Waals surface area contributed by atoms with Crippen LogP contribution < -0.4 is 5.32 Å². The van der Waals surface area contributed by atoms with Gasteiger partial charge in [-0.3, -0.25) is 9.69 Å². The number of fused-ring (bicyclic) bond motifs is 3. The number of anilines is 1. The molecular weight excluding hydrogens is 344 g/mol. The molecule has 5 aliphatic rings. The molecule has 6 nitrogen and oxygen atoms in total. The van der Waals surface area contributed by atoms with Crippen LogP contribution in [0.1, 0.15) is 25.3 Å². The highest BCUT2D eigenvalue weighted by atomic mass is 16.5. The maximum atomic E-state index is 13.4. The summed E-state index contributed by atoms with van der Waals surface area (Å²) in [6.07, 6.45) is 2.51. The Labute approximate surface area is 158 Å². The number of benzene rings is 1. The van der Waals surface area contributed by atoms with E-state index in [-0.39, 0.29) is 18.5 Å². The summed E-state index contributed by atoms with van der Waals surface area (Å²) in [7, 11) is 1.40. The molecule has 1 aliphatic carbocycles. The van der Waals surface area contributed by atoms with Gasteiger partial charge in [0, 0.05) is 24.7 Å². The number of allylic oxidation sites excluding steroid dienone is 1. The van der Waals surface area contributed by atoms with Crippen molar-refractivity contribution < 1.29 is 19.7 Å². The summed E-state index contributed by atoms with van der Waals surface area (Å²) in [6.45, 7) is 3.10. The first-order chi connectivity index (χ1) is 13.0. The summed E-state index contributed by atoms with van der Waals surface area (Å²) in [4.78, 5) is 15.7. The number of hydrogen-bond acceptors (Lipinski definition) is 6. The van der Waals surface area contributed by atoms with E-state index in [1.54, 1.807) is 0 Å². The molecule has 6 heteroatoms. The van der Waals surface area contributed by atoms with E-state index in [1.807, 2.05) is 37.3 Å². The fourth-order valence-corrected chi connectivity index (χ4v) is 7.01. The number of esters is 1. The summed E-state index contributed by atoms with van der Waals surface area (Å²) < 4.78 is 5.33. The van der Waals surface area contributed by atoms with E-state index in [9.17, 15) is 15.0 Å². The Morgan fingerprint density at radius 2 is 2.22 bits per heavy atom. The smallest absolute Gasteiger partial charge is 0.315 e. The summed E-state index contributed by atoms with van der Waals surface area (Å²) in [6, 6.07) is 7.97. The van der Waals surface area contributed by atoms with Gasteiger partial charge in [0.2, 0.25) is 0 Å². The van der Waals surface area contributed by atoms with Crippen LogP contribution in [0, 0.1) is 11.3 Å². The lowest BCUT2D eigenvalue weighted by atomic mass is 9.45. The number of hydrogen-bond donors (Lipinski definition) is 3. The van der Waals surface area contributed by atoms with Crippen molar-refractivity contribution in [1.82, 2.24) is 4.90 Å². The van der Waals surface area contributed by atoms with E-state index in [0.29, 0.717) is 19.4 Å². The van der Waals surface area contributed by atoms with Gasteiger partial charge >= 0.3 is 5.97 Å². The first-order valence-corrected chi connectivity index (χ1v) is 9.68. The van der Waals surface area contributed by atoms with Gasteiger partial charge in [0.15, 0.2) is 0 Å². The average Bonchev–Trinajstić information content (AvgIpc) is 3.11. The van der Waals surface area contributed by atoms with Crippen molar-refractivity contribution >= 4 is 11.7 Å². The maximum absolute atomic E-state index is 13.4. The molecule has 27 heavy (non-hydrogen) atoms. The lowest BCUT2D eigenvalue weighted by molar-refractivity contribution is -0.184. The van der Waals surface area contributed by atoms with Crippen LogP contribution in [0.3, 0.4) is 0 Å². The fraction of sp³-hybridized carbons (Fsp3) is 0.571. The molecule has 4 bridgehead atoms. The van der Waals surface area contributed by atoms with Gasteiger partial charge in [0.05, 0.1) is 25.2 Å². The zero-order chi connectivity index (χ0) is 19.0. The Morgan fingerprint density at radius 1 is 1.44 bits per heavy atom. The maximum Gasteiger partial charge on any atom is 0.315 e. The second-order valence-electron chi connectivity index (χ2n) is 8.30. The van der Waals surface area contributed by atoms with Gasteiger partial charge < -0.3 is 20.3 Å². The Hall–Kier alpha value is -1.89. The van der Waals surface area contributed by atoms with Crippen LogP contribution in [-0.4, -0.2) is 59.7 Å². The van der Waals surface area contributed by atoms with E-state index in [1.165, 1.54) is 7.11 Å². The molecule has 1 aromatic carbocycles. The summed E-state index contributed by atoms with van der Waals surface area (Å²) in [5, 5.41) is 25.9. The minimum atomic E-state index is -1.13. The van der Waals surface area contributed by atoms with Crippen LogP contribution in [0.2, 0.25) is 0 Å². The van der Waals surface area contributed by atoms with Gasteiger partial charge in [0.1, 0.15) is 11.1 Å². The monoisotopic (exact) mass is 370 g/mol. The third-order valence-electron chi connectivity index (χ3n) is 7.91. The van der Waals surface area contributed by atoms with Crippen molar-refractivity contribution in [2.24, 2.45) is 11.3 Å². The molecule has 1 unspecified atom stereocenters. The number of carbonyl (C=O) groups is 1. The molecule has 6 atom stereocenters. The molecule has 1 aromatic rings. The SMILES string of the molecule is C/C=C1/CN2CC[C@@]34c5ccccc5N[C@@]23[C@H](O)C[C@@H]1[C@@]4(CO)C(=O)OC. The van der Waals surface area contributed by atoms with Crippen molar-refractivity contribution in [3.05, 3.63) is 41.5 Å². The van der Waals surface area contributed by atoms with E-state index < -0.39 is 22.6 Å². The van der Waals surface area contributed by atoms with Crippen molar-refractivity contribution in [2.75, 3.05) is 32.1 Å². The van der Waals surface area contributed by atoms with Crippen LogP contribution in [0.25, 0.3) is 0 Å². The van der Waals surface area contributed by atoms with Gasteiger partial charge in [0.25, 0.3) is 0 Å². The van der Waals surface area contributed by atoms with Crippen LogP contribution in [-0.2, 0) is 14.9 Å². The van der Waals surface area contributed by atoms with Crippen molar-refractivity contribution in [3.8, 4) is 0 Å². The molecule has 4 fully saturated rings. The highest BCUT2D eigenvalue weighted by molar-refractivity contribution is 5.85. The Morgan fingerprint density at radius 3 is 2.93 bits per heavy atom. The van der Waals surface area contributed by atoms with E-state index in [4.69, 9.17) is 4.74 Å². The minimum absolute atomic E-state index is 0.263. The third kappa shape index (κ3) is 1.55. The quantitative estimate of drug-likeness (QED) is 0.537. The minimum Gasteiger partial charge on any atom is -0.468 e. The van der Waals surface area contributed by atoms with E-state index >= 15 is 0 Å². The number of nitrogens with one attached hydrogen (secondary N) is 1. The third-order valence-corrected chi connectivity index (χ3v) is 7.91. The highest BCUT2D eigenvalue weighted by Crippen LogP contribution is 2.72. The van der Waals surface area contributed by atoms with Crippen LogP contribution in [0.4, 0.5) is 5.69 Å². The number of ether oxygens (including phenoxy) is 1. The van der Waals surface area contributed by atoms with Crippen molar-refractivity contribution in [3.63, 3.8) is 0 Å². The van der Waals surface area contributed by atoms with Gasteiger partial charge in [-0.2, -0.15) is 0 Å². The van der Waals surface area contributed by atoms with Crippen LogP contribution in [0.5, 0.6) is 0 Å². The number of rotatable bonds is 2. The van der Waals surface area contributed by atoms with Gasteiger partial charge in [-0.25, -0.2) is 0 Å². The normalized spacial score (nSPS) is 45.2. The molecule has 3 saturated heterocycles. The Bertz CT molecular complexity index is 854. The van der Waals surface area contributed by atoms with Crippen molar-refractivity contribution in [2.45, 2.75) is 36.9 Å². The zero-order valence-corrected chi connectivity index (χ0v) is 15.7. The van der Waals surface area contributed by atoms with Crippen molar-refractivity contribution in [1.29, 1.82) is 0 Å². The highest BCUT2D eigenvalue weighted by Gasteiger charge is 2.82. The van der Waals surface area contributed by atoms with Crippen LogP contribution >= 0.6 is 0 Å². The molecule has 6 rings (SSSR count). The largest absolute Gasteiger partial charge is 0.468 e. The molecule has 0 radical (unpaired) electrons. The topological polar surface area (TPSA) is 82.0 Å². The molecule has 4 heterocycles. The number of aliphatic hydroxyl groups excluding tert-OH is 2. The van der Waals surface area contributed by atoms with E-state index in [2.05, 4.69) is 10.2 Å². The summed E-state index contributed by atoms with van der Waals surface area (Å²) in [5.41, 5.74) is 0.354. The number of aliphatic hydroxyl groups is 2. The molecule has 0 amide bonds. The standard InChI is InChI=1S/C21H26N2O4/c1-3-13-11-23-9-8-20-14-6-4-5-7-16(14)22-21(20,23)17(25)10-15(13)19(20,12-24)18(26)27-2/h3-7,15,17,22,24-25H,8-12H2,1-2H3/b13-3-/t15-,17+,19-,20-,21-/m0/s1. The lowest BCUT2D eigenvalue weighted by Gasteiger charge is -2.59. The molecule has 1 spiro atoms. The number of methoxy groups -OCH3 is 1. The molecule has 0 aromatic heterocycles. The zero-order valence-electron chi connectivity index (χ0n) is 15.7. The number of nitrogens with zero attached hydrogens (tertiary/aromatic N) is 1. The molecular formula is C21H26N2O4. The predicted octanol–water partition coefficient (Wildman–Crippen LogP) is 1.24. The second kappa shape index (κ2) is 5.34. The summed E-state index contributed by atoms with van der Waals surface area (Å²) >= 11 is 0. The first-order valence-electron chi connectivity index (χ1n) is 9.68. The Kier molecular flexibility index (Phi) is 3.41. The van der Waals surface area contributed by atoms with Gasteiger partial charge in [-0.05, 0) is 31.4 Å². The van der Waals surface area contributed by atoms with Gasteiger partial charge in [-0.15, -0.1) is 0 Å². The molecule has 3 N–H and O–H groups in total. The number of carbonyl (C=O) groups excluding carboxylic acids is 1. The van der Waals surface area contributed by atoms with Crippen LogP contribution in [0.15, 0.2) is 35.9 Å². The van der Waals surface area contributed by atoms with Gasteiger partial charge in [-0.1, -0.05) is 29.8 Å². The second-order valence-corrected chi connectivity index (χ2v) is 8.30. The van der Waals surface area contributed by atoms with E-state index in [0.717, 1.165) is 23.4 Å². The summed E-state index contributed by atoms with van der Waals surface area (Å²) in [5.74, 6) is -0.644. The molecule has 144 valence electrons. The Balaban J connectivity index is 1.93. The molecule has 1 saturated carbocycles. The fourth-order valence-electron chi connectivity index (χ4n) is 7.01. The first kappa shape index (κ1) is 17.2. The molecule has 4 aliphatic heterocycles. The number of para-hydroxylation sites is 1. The predicted molar refractivity (Wildman–Crippen MR) is 100 cm³/mol. The lowest BCUT2D eigenvalue weighted by Crippen LogP contribution is -2.75. The average molecular weight is 370 g/mol.